The lowest BCUT2D eigenvalue weighted by Gasteiger charge is -2.14. The number of hydrogen-bond donors (Lipinski definition) is 2. The third kappa shape index (κ3) is 3.34. The van der Waals surface area contributed by atoms with Crippen LogP contribution in [0.2, 0.25) is 0 Å². The molecule has 0 radical (unpaired) electrons. The maximum atomic E-state index is 11.3. The van der Waals surface area contributed by atoms with E-state index in [1.54, 1.807) is 26.0 Å². The highest BCUT2D eigenvalue weighted by molar-refractivity contribution is 5.87. The fourth-order valence-electron chi connectivity index (χ4n) is 1.19. The van der Waals surface area contributed by atoms with Gasteiger partial charge in [-0.1, -0.05) is 6.07 Å². The highest BCUT2D eigenvalue weighted by Gasteiger charge is 2.13. The second-order valence-electron chi connectivity index (χ2n) is 3.52. The van der Waals surface area contributed by atoms with Crippen molar-refractivity contribution in [3.8, 4) is 0 Å². The number of aromatic nitrogens is 1. The molecule has 7 nitrogen and oxygen atoms in total. The zero-order valence-corrected chi connectivity index (χ0v) is 10.4. The predicted molar refractivity (Wildman–Crippen MR) is 66.0 cm³/mol. The molecule has 2 amide bonds. The number of nitrogens with one attached hydrogen (secondary N) is 1. The van der Waals surface area contributed by atoms with E-state index in [2.05, 4.69) is 10.3 Å². The number of hydrogen-bond acceptors (Lipinski definition) is 4. The van der Waals surface area contributed by atoms with Crippen LogP contribution in [0.25, 0.3) is 0 Å². The lowest BCUT2D eigenvalue weighted by Crippen LogP contribution is -2.25. The van der Waals surface area contributed by atoms with Crippen molar-refractivity contribution in [2.75, 3.05) is 23.9 Å². The highest BCUT2D eigenvalue weighted by atomic mass is 16.5. The van der Waals surface area contributed by atoms with Crippen LogP contribution >= 0.6 is 0 Å². The average Bonchev–Trinajstić information content (AvgIpc) is 2.31. The van der Waals surface area contributed by atoms with E-state index in [-0.39, 0.29) is 18.2 Å². The quantitative estimate of drug-likeness (QED) is 0.860. The zero-order valence-electron chi connectivity index (χ0n) is 10.4. The summed E-state index contributed by atoms with van der Waals surface area (Å²) in [6.45, 7) is 3.69. The van der Waals surface area contributed by atoms with E-state index in [0.717, 1.165) is 4.90 Å². The lowest BCUT2D eigenvalue weighted by atomic mass is 10.3. The molecule has 0 spiro atoms. The van der Waals surface area contributed by atoms with Gasteiger partial charge in [-0.2, -0.15) is 0 Å². The molecular formula is C11H15N3O4. The maximum absolute atomic E-state index is 11.3. The van der Waals surface area contributed by atoms with Gasteiger partial charge in [0.15, 0.2) is 0 Å². The molecule has 0 aliphatic carbocycles. The van der Waals surface area contributed by atoms with Crippen LogP contribution in [-0.4, -0.2) is 35.9 Å². The fourth-order valence-corrected chi connectivity index (χ4v) is 1.19. The average molecular weight is 253 g/mol. The van der Waals surface area contributed by atoms with E-state index >= 15 is 0 Å². The number of nitrogens with zero attached hydrogens (tertiary/aromatic N) is 2. The van der Waals surface area contributed by atoms with Crippen molar-refractivity contribution < 1.29 is 19.4 Å². The fraction of sp³-hybridized carbons (Fsp3) is 0.364. The molecule has 0 aromatic carbocycles. The third-order valence-electron chi connectivity index (χ3n) is 2.21. The topological polar surface area (TPSA) is 91.8 Å². The van der Waals surface area contributed by atoms with Crippen LogP contribution in [0.4, 0.5) is 21.2 Å². The standard InChI is InChI=1S/C11H15N3O4/c1-4-18-10(15)13-9-7(2)5-6-8(12-9)14(3)11(16)17/h5-6H,4H2,1-3H3,(H,16,17)(H,12,13,15). The molecule has 0 saturated carbocycles. The van der Waals surface area contributed by atoms with Crippen molar-refractivity contribution in [3.05, 3.63) is 17.7 Å². The Hall–Kier alpha value is -2.31. The number of pyridine rings is 1. The number of aryl methyl sites for hydroxylation is 1. The minimum absolute atomic E-state index is 0.222. The molecule has 18 heavy (non-hydrogen) atoms. The Morgan fingerprint density at radius 2 is 2.17 bits per heavy atom. The first kappa shape index (κ1) is 13.8. The summed E-state index contributed by atoms with van der Waals surface area (Å²) in [5, 5.41) is 11.3. The smallest absolute Gasteiger partial charge is 0.412 e. The molecule has 2 N–H and O–H groups in total. The Morgan fingerprint density at radius 3 is 2.72 bits per heavy atom. The summed E-state index contributed by atoms with van der Waals surface area (Å²) in [4.78, 5) is 27.1. The van der Waals surface area contributed by atoms with E-state index in [1.165, 1.54) is 7.05 Å². The highest BCUT2D eigenvalue weighted by Crippen LogP contribution is 2.18. The first-order chi connectivity index (χ1) is 8.45. The van der Waals surface area contributed by atoms with Gasteiger partial charge in [-0.05, 0) is 25.5 Å². The van der Waals surface area contributed by atoms with Crippen LogP contribution in [0.15, 0.2) is 12.1 Å². The van der Waals surface area contributed by atoms with Gasteiger partial charge in [0.2, 0.25) is 0 Å². The molecule has 0 saturated heterocycles. The number of carbonyl (C=O) groups is 2. The van der Waals surface area contributed by atoms with E-state index in [0.29, 0.717) is 5.56 Å². The van der Waals surface area contributed by atoms with Crippen molar-refractivity contribution >= 4 is 23.8 Å². The van der Waals surface area contributed by atoms with E-state index < -0.39 is 12.2 Å². The second-order valence-corrected chi connectivity index (χ2v) is 3.52. The summed E-state index contributed by atoms with van der Waals surface area (Å²) in [6, 6.07) is 3.23. The van der Waals surface area contributed by atoms with Gasteiger partial charge in [0, 0.05) is 7.05 Å². The summed E-state index contributed by atoms with van der Waals surface area (Å²) in [6.07, 6.45) is -1.75. The van der Waals surface area contributed by atoms with Gasteiger partial charge in [-0.15, -0.1) is 0 Å². The molecule has 1 aromatic rings. The monoisotopic (exact) mass is 253 g/mol. The van der Waals surface area contributed by atoms with Gasteiger partial charge < -0.3 is 9.84 Å². The van der Waals surface area contributed by atoms with Crippen LogP contribution in [0.5, 0.6) is 0 Å². The Labute approximate surface area is 104 Å². The number of carbonyl (C=O) groups excluding carboxylic acids is 1. The van der Waals surface area contributed by atoms with Crippen molar-refractivity contribution in [2.24, 2.45) is 0 Å². The van der Waals surface area contributed by atoms with Crippen molar-refractivity contribution in [3.63, 3.8) is 0 Å². The van der Waals surface area contributed by atoms with Crippen LogP contribution in [0.1, 0.15) is 12.5 Å². The molecule has 1 aromatic heterocycles. The van der Waals surface area contributed by atoms with E-state index in [1.807, 2.05) is 0 Å². The van der Waals surface area contributed by atoms with Crippen LogP contribution < -0.4 is 10.2 Å². The first-order valence-corrected chi connectivity index (χ1v) is 5.33. The summed E-state index contributed by atoms with van der Waals surface area (Å²) in [5.41, 5.74) is 0.714. The molecule has 98 valence electrons. The van der Waals surface area contributed by atoms with Crippen molar-refractivity contribution in [2.45, 2.75) is 13.8 Å². The molecule has 0 atom stereocenters. The van der Waals surface area contributed by atoms with Crippen molar-refractivity contribution in [1.82, 2.24) is 4.98 Å². The van der Waals surface area contributed by atoms with Gasteiger partial charge in [0.25, 0.3) is 0 Å². The van der Waals surface area contributed by atoms with E-state index in [9.17, 15) is 9.59 Å². The molecule has 0 aliphatic rings. The summed E-state index contributed by atoms with van der Waals surface area (Å²) in [7, 11) is 1.37. The number of amides is 2. The Bertz CT molecular complexity index is 462. The Kier molecular flexibility index (Phi) is 4.47. The molecule has 0 bridgehead atoms. The summed E-state index contributed by atoms with van der Waals surface area (Å²) < 4.78 is 4.73. The normalized spacial score (nSPS) is 9.72. The van der Waals surface area contributed by atoms with Crippen LogP contribution in [-0.2, 0) is 4.74 Å². The number of rotatable bonds is 3. The van der Waals surface area contributed by atoms with Crippen LogP contribution in [0.3, 0.4) is 0 Å². The summed E-state index contributed by atoms with van der Waals surface area (Å²) in [5.74, 6) is 0.499. The Morgan fingerprint density at radius 1 is 1.50 bits per heavy atom. The molecule has 0 fully saturated rings. The molecule has 0 unspecified atom stereocenters. The van der Waals surface area contributed by atoms with Gasteiger partial charge in [-0.25, -0.2) is 14.6 Å². The van der Waals surface area contributed by atoms with Crippen LogP contribution in [0, 0.1) is 6.92 Å². The zero-order chi connectivity index (χ0) is 13.7. The predicted octanol–water partition coefficient (Wildman–Crippen LogP) is 2.07. The molecular weight excluding hydrogens is 238 g/mol. The molecule has 0 aliphatic heterocycles. The van der Waals surface area contributed by atoms with Gasteiger partial charge >= 0.3 is 12.2 Å². The van der Waals surface area contributed by atoms with Gasteiger partial charge in [-0.3, -0.25) is 10.2 Å². The molecule has 1 heterocycles. The SMILES string of the molecule is CCOC(=O)Nc1nc(N(C)C(=O)O)ccc1C. The first-order valence-electron chi connectivity index (χ1n) is 5.33. The number of carboxylic acid groups (broad SMARTS) is 1. The van der Waals surface area contributed by atoms with Crippen molar-refractivity contribution in [1.29, 1.82) is 0 Å². The minimum Gasteiger partial charge on any atom is -0.465 e. The molecule has 7 heteroatoms. The number of anilines is 2. The number of ether oxygens (including phenoxy) is 1. The third-order valence-corrected chi connectivity index (χ3v) is 2.21. The van der Waals surface area contributed by atoms with Gasteiger partial charge in [0.05, 0.1) is 6.61 Å². The van der Waals surface area contributed by atoms with E-state index in [4.69, 9.17) is 9.84 Å². The maximum Gasteiger partial charge on any atom is 0.412 e. The van der Waals surface area contributed by atoms with Gasteiger partial charge in [0.1, 0.15) is 11.6 Å². The Balaban J connectivity index is 2.94. The largest absolute Gasteiger partial charge is 0.465 e. The summed E-state index contributed by atoms with van der Waals surface area (Å²) >= 11 is 0. The molecule has 1 rings (SSSR count). The second kappa shape index (κ2) is 5.85. The minimum atomic E-state index is -1.13. The lowest BCUT2D eigenvalue weighted by molar-refractivity contribution is 0.168.